The molecule has 3 atom stereocenters. The second kappa shape index (κ2) is 12.2. The van der Waals surface area contributed by atoms with Crippen LogP contribution in [0.2, 0.25) is 0 Å². The fourth-order valence-corrected chi connectivity index (χ4v) is 3.59. The van der Waals surface area contributed by atoms with Crippen molar-refractivity contribution in [2.75, 3.05) is 39.3 Å². The summed E-state index contributed by atoms with van der Waals surface area (Å²) < 4.78 is 6.83. The quantitative estimate of drug-likeness (QED) is 0.244. The van der Waals surface area contributed by atoms with Crippen LogP contribution in [0.15, 0.2) is 15.8 Å². The van der Waals surface area contributed by atoms with E-state index in [1.165, 1.54) is 10.8 Å². The van der Waals surface area contributed by atoms with Gasteiger partial charge in [0.1, 0.15) is 12.3 Å². The van der Waals surface area contributed by atoms with E-state index in [4.69, 9.17) is 16.2 Å². The molecule has 0 aliphatic carbocycles. The number of unbranched alkanes of at least 4 members (excludes halogenated alkanes) is 1. The average molecular weight is 414 g/mol. The van der Waals surface area contributed by atoms with Crippen molar-refractivity contribution in [1.29, 1.82) is 0 Å². The summed E-state index contributed by atoms with van der Waals surface area (Å²) in [6.45, 7) is 3.78. The third-order valence-electron chi connectivity index (χ3n) is 5.26. The van der Waals surface area contributed by atoms with Crippen molar-refractivity contribution in [3.63, 3.8) is 0 Å². The highest BCUT2D eigenvalue weighted by Crippen LogP contribution is 2.27. The van der Waals surface area contributed by atoms with Gasteiger partial charge in [-0.05, 0) is 64.8 Å². The number of ether oxygens (including phenoxy) is 1. The van der Waals surface area contributed by atoms with Gasteiger partial charge in [0.25, 0.3) is 5.56 Å². The van der Waals surface area contributed by atoms with Crippen molar-refractivity contribution in [2.45, 2.75) is 57.0 Å². The van der Waals surface area contributed by atoms with Crippen molar-refractivity contribution >= 4 is 0 Å². The number of nitrogens with zero attached hydrogens (tertiary/aromatic N) is 2. The predicted molar refractivity (Wildman–Crippen MR) is 110 cm³/mol. The Bertz CT molecular complexity index is 714. The molecule has 0 radical (unpaired) electrons. The molecule has 0 aromatic carbocycles. The van der Waals surface area contributed by atoms with Gasteiger partial charge in [0.15, 0.2) is 0 Å². The van der Waals surface area contributed by atoms with E-state index in [0.717, 1.165) is 45.3 Å². The first-order chi connectivity index (χ1) is 14.0. The van der Waals surface area contributed by atoms with E-state index in [2.05, 4.69) is 9.88 Å². The molecule has 1 aliphatic heterocycles. The van der Waals surface area contributed by atoms with Crippen molar-refractivity contribution in [3.8, 4) is 0 Å². The number of hydrogen-bond donors (Lipinski definition) is 5. The standard InChI is InChI=1S/C19H35N5O5/c20-6-3-9-23(10-4-7-21)8-2-1-5-14-12-24(19(28)22-18(14)27)17-11-15(26)16(13-25)29-17/h12,15-17,25-26H,1-11,13,20-21H2,(H,22,27,28)/t15-,16+,17+/m0/s1. The maximum absolute atomic E-state index is 12.2. The monoisotopic (exact) mass is 413 g/mol. The Balaban J connectivity index is 1.93. The Morgan fingerprint density at radius 1 is 1.14 bits per heavy atom. The smallest absolute Gasteiger partial charge is 0.330 e. The molecule has 10 nitrogen and oxygen atoms in total. The number of rotatable bonds is 13. The molecule has 166 valence electrons. The molecule has 0 bridgehead atoms. The SMILES string of the molecule is NCCCN(CCCN)CCCCc1cn([C@H]2C[C@H](O)[C@@H](CO)O2)c(=O)[nH]c1=O. The fourth-order valence-electron chi connectivity index (χ4n) is 3.59. The highest BCUT2D eigenvalue weighted by Gasteiger charge is 2.35. The molecule has 2 heterocycles. The topological polar surface area (TPSA) is 160 Å². The Kier molecular flexibility index (Phi) is 9.98. The van der Waals surface area contributed by atoms with Gasteiger partial charge in [-0.3, -0.25) is 14.3 Å². The van der Waals surface area contributed by atoms with Gasteiger partial charge in [0, 0.05) is 18.2 Å². The lowest BCUT2D eigenvalue weighted by Crippen LogP contribution is -2.34. The molecule has 0 saturated carbocycles. The summed E-state index contributed by atoms with van der Waals surface area (Å²) in [5.41, 5.74) is 10.7. The van der Waals surface area contributed by atoms with Gasteiger partial charge in [0.2, 0.25) is 0 Å². The normalized spacial score (nSPS) is 21.9. The number of aryl methyl sites for hydroxylation is 1. The molecule has 7 N–H and O–H groups in total. The van der Waals surface area contributed by atoms with Crippen LogP contribution in [0, 0.1) is 0 Å². The Hall–Kier alpha value is -1.56. The molecule has 1 fully saturated rings. The van der Waals surface area contributed by atoms with Crippen molar-refractivity contribution in [2.24, 2.45) is 11.5 Å². The first kappa shape index (κ1) is 23.7. The molecular weight excluding hydrogens is 378 g/mol. The van der Waals surface area contributed by atoms with E-state index in [1.54, 1.807) is 0 Å². The van der Waals surface area contributed by atoms with Crippen LogP contribution in [0.25, 0.3) is 0 Å². The summed E-state index contributed by atoms with van der Waals surface area (Å²) in [6.07, 6.45) is 3.57. The predicted octanol–water partition coefficient (Wildman–Crippen LogP) is -1.50. The Labute approximate surface area is 170 Å². The number of nitrogens with one attached hydrogen (secondary N) is 1. The highest BCUT2D eigenvalue weighted by molar-refractivity contribution is 5.05. The van der Waals surface area contributed by atoms with Gasteiger partial charge in [-0.25, -0.2) is 4.79 Å². The van der Waals surface area contributed by atoms with Crippen LogP contribution >= 0.6 is 0 Å². The van der Waals surface area contributed by atoms with E-state index < -0.39 is 29.7 Å². The lowest BCUT2D eigenvalue weighted by atomic mass is 10.1. The van der Waals surface area contributed by atoms with Crippen LogP contribution in [-0.2, 0) is 11.2 Å². The number of aromatic amines is 1. The molecule has 1 aromatic heterocycles. The van der Waals surface area contributed by atoms with Crippen molar-refractivity contribution < 1.29 is 14.9 Å². The van der Waals surface area contributed by atoms with Crippen LogP contribution < -0.4 is 22.7 Å². The number of hydrogen-bond acceptors (Lipinski definition) is 8. The summed E-state index contributed by atoms with van der Waals surface area (Å²) in [5.74, 6) is 0. The van der Waals surface area contributed by atoms with Crippen LogP contribution in [0.3, 0.4) is 0 Å². The minimum absolute atomic E-state index is 0.188. The molecule has 0 amide bonds. The summed E-state index contributed by atoms with van der Waals surface area (Å²) in [4.78, 5) is 29.0. The zero-order valence-corrected chi connectivity index (χ0v) is 17.0. The average Bonchev–Trinajstić information content (AvgIpc) is 3.08. The Morgan fingerprint density at radius 2 is 1.79 bits per heavy atom. The second-order valence-corrected chi connectivity index (χ2v) is 7.52. The van der Waals surface area contributed by atoms with Gasteiger partial charge in [-0.2, -0.15) is 0 Å². The van der Waals surface area contributed by atoms with Gasteiger partial charge in [-0.1, -0.05) is 0 Å². The second-order valence-electron chi connectivity index (χ2n) is 7.52. The molecule has 1 aliphatic rings. The number of aliphatic hydroxyl groups excluding tert-OH is 2. The highest BCUT2D eigenvalue weighted by atomic mass is 16.5. The number of aliphatic hydroxyl groups is 2. The van der Waals surface area contributed by atoms with Gasteiger partial charge < -0.3 is 31.3 Å². The maximum Gasteiger partial charge on any atom is 0.330 e. The molecule has 10 heteroatoms. The first-order valence-electron chi connectivity index (χ1n) is 10.4. The van der Waals surface area contributed by atoms with Gasteiger partial charge in [0.05, 0.1) is 12.7 Å². The number of H-pyrrole nitrogens is 1. The van der Waals surface area contributed by atoms with E-state index >= 15 is 0 Å². The zero-order valence-electron chi connectivity index (χ0n) is 17.0. The summed E-state index contributed by atoms with van der Waals surface area (Å²) in [6, 6.07) is 0. The summed E-state index contributed by atoms with van der Waals surface area (Å²) in [5, 5.41) is 19.1. The number of nitrogens with two attached hydrogens (primary N) is 2. The first-order valence-corrected chi connectivity index (χ1v) is 10.4. The van der Waals surface area contributed by atoms with E-state index in [-0.39, 0.29) is 13.0 Å². The van der Waals surface area contributed by atoms with Crippen LogP contribution in [0.4, 0.5) is 0 Å². The molecule has 0 unspecified atom stereocenters. The fraction of sp³-hybridized carbons (Fsp3) is 0.789. The van der Waals surface area contributed by atoms with Crippen LogP contribution in [-0.4, -0.2) is 76.2 Å². The van der Waals surface area contributed by atoms with Crippen LogP contribution in [0.5, 0.6) is 0 Å². The summed E-state index contributed by atoms with van der Waals surface area (Å²) in [7, 11) is 0. The van der Waals surface area contributed by atoms with Crippen molar-refractivity contribution in [3.05, 3.63) is 32.6 Å². The zero-order chi connectivity index (χ0) is 21.2. The van der Waals surface area contributed by atoms with E-state index in [9.17, 15) is 19.8 Å². The van der Waals surface area contributed by atoms with E-state index in [0.29, 0.717) is 25.1 Å². The Morgan fingerprint density at radius 3 is 2.38 bits per heavy atom. The molecule has 29 heavy (non-hydrogen) atoms. The molecule has 1 saturated heterocycles. The number of aromatic nitrogens is 2. The molecular formula is C19H35N5O5. The van der Waals surface area contributed by atoms with E-state index in [1.807, 2.05) is 0 Å². The minimum atomic E-state index is -0.847. The lowest BCUT2D eigenvalue weighted by molar-refractivity contribution is -0.0460. The summed E-state index contributed by atoms with van der Waals surface area (Å²) >= 11 is 0. The van der Waals surface area contributed by atoms with Crippen molar-refractivity contribution in [1.82, 2.24) is 14.5 Å². The largest absolute Gasteiger partial charge is 0.394 e. The third-order valence-corrected chi connectivity index (χ3v) is 5.26. The molecule has 2 rings (SSSR count). The molecule has 1 aromatic rings. The molecule has 0 spiro atoms. The van der Waals surface area contributed by atoms with Gasteiger partial charge in [-0.15, -0.1) is 0 Å². The van der Waals surface area contributed by atoms with Gasteiger partial charge >= 0.3 is 5.69 Å². The lowest BCUT2D eigenvalue weighted by Gasteiger charge is -2.21. The third kappa shape index (κ3) is 7.02. The minimum Gasteiger partial charge on any atom is -0.394 e. The maximum atomic E-state index is 12.2. The van der Waals surface area contributed by atoms with Crippen LogP contribution in [0.1, 0.15) is 43.9 Å².